The van der Waals surface area contributed by atoms with E-state index in [1.165, 1.54) is 0 Å². The van der Waals surface area contributed by atoms with Crippen LogP contribution < -0.4 is 4.74 Å². The van der Waals surface area contributed by atoms with E-state index >= 15 is 0 Å². The van der Waals surface area contributed by atoms with Crippen LogP contribution in [0.2, 0.25) is 10.0 Å². The van der Waals surface area contributed by atoms with E-state index in [1.807, 2.05) is 56.4 Å². The van der Waals surface area contributed by atoms with Gasteiger partial charge in [0.2, 0.25) is 0 Å². The van der Waals surface area contributed by atoms with E-state index < -0.39 is 0 Å². The van der Waals surface area contributed by atoms with Crippen LogP contribution in [0.1, 0.15) is 17.0 Å². The van der Waals surface area contributed by atoms with E-state index in [2.05, 4.69) is 36.9 Å². The van der Waals surface area contributed by atoms with E-state index in [-0.39, 0.29) is 0 Å². The number of fused-ring (bicyclic) bond motifs is 1. The van der Waals surface area contributed by atoms with Gasteiger partial charge in [0.1, 0.15) is 6.61 Å². The lowest BCUT2D eigenvalue weighted by Crippen LogP contribution is -2.13. The summed E-state index contributed by atoms with van der Waals surface area (Å²) >= 11 is 14.2. The maximum atomic E-state index is 6.05. The zero-order valence-corrected chi connectivity index (χ0v) is 18.9. The molecule has 0 aliphatic rings. The molecular weight excluding hydrogens is 484 g/mol. The number of alkyl halides is 1. The maximum absolute atomic E-state index is 6.05. The Bertz CT molecular complexity index is 881. The zero-order chi connectivity index (χ0) is 19.3. The third-order valence-electron chi connectivity index (χ3n) is 3.76. The highest BCUT2D eigenvalue weighted by atomic mass is 127. The van der Waals surface area contributed by atoms with Crippen molar-refractivity contribution in [1.29, 1.82) is 0 Å². The second kappa shape index (κ2) is 9.78. The number of hydrogen-bond donors (Lipinski definition) is 0. The molecule has 0 fully saturated rings. The number of ether oxygens (including phenoxy) is 1. The number of imidazole rings is 1. The Morgan fingerprint density at radius 2 is 1.88 bits per heavy atom. The van der Waals surface area contributed by atoms with Gasteiger partial charge in [-0.3, -0.25) is 4.40 Å². The lowest BCUT2D eigenvalue weighted by Gasteiger charge is -2.11. The number of nitrogens with zero attached hydrogens (tertiary/aromatic N) is 3. The molecule has 0 spiro atoms. The molecule has 0 atom stereocenters. The molecule has 26 heavy (non-hydrogen) atoms. The van der Waals surface area contributed by atoms with Gasteiger partial charge in [-0.15, -0.1) is 0 Å². The van der Waals surface area contributed by atoms with Crippen LogP contribution in [0.4, 0.5) is 0 Å². The molecule has 0 saturated carbocycles. The molecule has 0 bridgehead atoms. The minimum absolute atomic E-state index is 0.408. The highest BCUT2D eigenvalue weighted by Crippen LogP contribution is 2.26. The van der Waals surface area contributed by atoms with E-state index in [0.29, 0.717) is 16.7 Å². The van der Waals surface area contributed by atoms with Crippen LogP contribution in [0.5, 0.6) is 5.75 Å². The molecule has 1 aromatic carbocycles. The number of aromatic nitrogens is 2. The van der Waals surface area contributed by atoms with Gasteiger partial charge in [-0.1, -0.05) is 51.9 Å². The van der Waals surface area contributed by atoms with E-state index in [1.54, 1.807) is 6.07 Å². The van der Waals surface area contributed by atoms with Crippen molar-refractivity contribution < 1.29 is 4.74 Å². The lowest BCUT2D eigenvalue weighted by molar-refractivity contribution is 0.308. The molecule has 0 unspecified atom stereocenters. The van der Waals surface area contributed by atoms with Gasteiger partial charge in [0.25, 0.3) is 0 Å². The molecule has 2 heterocycles. The Morgan fingerprint density at radius 1 is 1.15 bits per heavy atom. The Hall–Kier alpha value is -1.02. The summed E-state index contributed by atoms with van der Waals surface area (Å²) in [6, 6.07) is 9.40. The van der Waals surface area contributed by atoms with Crippen molar-refractivity contribution in [2.45, 2.75) is 20.1 Å². The monoisotopic (exact) mass is 505 g/mol. The number of halogens is 3. The molecule has 0 aliphatic heterocycles. The minimum Gasteiger partial charge on any atom is -0.485 e. The maximum Gasteiger partial charge on any atom is 0.180 e. The van der Waals surface area contributed by atoms with Crippen LogP contribution in [-0.4, -0.2) is 33.3 Å². The number of benzene rings is 1. The van der Waals surface area contributed by atoms with Crippen molar-refractivity contribution in [3.8, 4) is 5.75 Å². The van der Waals surface area contributed by atoms with Gasteiger partial charge in [-0.25, -0.2) is 4.98 Å². The van der Waals surface area contributed by atoms with Crippen LogP contribution in [0.3, 0.4) is 0 Å². The molecule has 0 saturated heterocycles. The number of hydrogen-bond acceptors (Lipinski definition) is 3. The van der Waals surface area contributed by atoms with Crippen molar-refractivity contribution in [3.05, 3.63) is 63.5 Å². The molecule has 140 valence electrons. The topological polar surface area (TPSA) is 29.8 Å². The van der Waals surface area contributed by atoms with Crippen LogP contribution in [0.15, 0.2) is 36.5 Å². The van der Waals surface area contributed by atoms with Gasteiger partial charge < -0.3 is 9.64 Å². The van der Waals surface area contributed by atoms with Crippen molar-refractivity contribution in [2.75, 3.05) is 19.0 Å². The van der Waals surface area contributed by atoms with Gasteiger partial charge in [0.05, 0.1) is 21.4 Å². The molecule has 0 radical (unpaired) electrons. The van der Waals surface area contributed by atoms with Crippen molar-refractivity contribution >= 4 is 51.4 Å². The molecule has 0 amide bonds. The fourth-order valence-electron chi connectivity index (χ4n) is 2.60. The van der Waals surface area contributed by atoms with Gasteiger partial charge in [-0.05, 0) is 55.8 Å². The van der Waals surface area contributed by atoms with Gasteiger partial charge in [-0.2, -0.15) is 0 Å². The first-order valence-electron chi connectivity index (χ1n) is 8.01. The summed E-state index contributed by atoms with van der Waals surface area (Å²) < 4.78 is 8.06. The van der Waals surface area contributed by atoms with Crippen molar-refractivity contribution in [2.24, 2.45) is 0 Å². The second-order valence-corrected chi connectivity index (χ2v) is 6.80. The van der Waals surface area contributed by atoms with Gasteiger partial charge in [0.15, 0.2) is 11.4 Å². The van der Waals surface area contributed by atoms with Crippen molar-refractivity contribution in [1.82, 2.24) is 14.3 Å². The third kappa shape index (κ3) is 5.03. The van der Waals surface area contributed by atoms with Crippen LogP contribution >= 0.6 is 45.8 Å². The predicted octanol–water partition coefficient (Wildman–Crippen LogP) is 5.64. The average molecular weight is 506 g/mol. The second-order valence-electron chi connectivity index (χ2n) is 5.98. The number of aryl methyl sites for hydroxylation is 1. The van der Waals surface area contributed by atoms with Gasteiger partial charge in [0, 0.05) is 12.7 Å². The smallest absolute Gasteiger partial charge is 0.180 e. The fraction of sp³-hybridized carbons (Fsp3) is 0.316. The summed E-state index contributed by atoms with van der Waals surface area (Å²) in [6.45, 7) is 3.25. The molecule has 4 nitrogen and oxygen atoms in total. The molecule has 2 aromatic heterocycles. The Labute approximate surface area is 178 Å². The standard InChI is InChI=1S/C18H19Cl2N3O.CH3I/c1-12-16(10-22(2)3)23-8-4-5-17(18(23)21-12)24-11-13-6-7-14(19)15(20)9-13;1-2/h4-9H,10-11H2,1-3H3;1H3. The molecule has 0 aliphatic carbocycles. The summed E-state index contributed by atoms with van der Waals surface area (Å²) in [4.78, 5) is 8.77. The zero-order valence-electron chi connectivity index (χ0n) is 15.3. The lowest BCUT2D eigenvalue weighted by atomic mass is 10.2. The van der Waals surface area contributed by atoms with Crippen molar-refractivity contribution in [3.63, 3.8) is 0 Å². The summed E-state index contributed by atoms with van der Waals surface area (Å²) in [5.41, 5.74) is 3.96. The van der Waals surface area contributed by atoms with Crippen LogP contribution in [0, 0.1) is 6.92 Å². The molecule has 3 rings (SSSR count). The molecule has 3 aromatic rings. The van der Waals surface area contributed by atoms with Gasteiger partial charge >= 0.3 is 0 Å². The van der Waals surface area contributed by atoms with E-state index in [0.717, 1.165) is 34.9 Å². The summed E-state index contributed by atoms with van der Waals surface area (Å²) in [6.07, 6.45) is 2.01. The summed E-state index contributed by atoms with van der Waals surface area (Å²) in [5, 5.41) is 1.07. The van der Waals surface area contributed by atoms with Crippen LogP contribution in [-0.2, 0) is 13.2 Å². The first-order valence-corrected chi connectivity index (χ1v) is 10.9. The Morgan fingerprint density at radius 3 is 2.54 bits per heavy atom. The largest absolute Gasteiger partial charge is 0.485 e. The molecule has 0 N–H and O–H groups in total. The Kier molecular flexibility index (Phi) is 8.01. The highest BCUT2D eigenvalue weighted by molar-refractivity contribution is 14.1. The van der Waals surface area contributed by atoms with Crippen LogP contribution in [0.25, 0.3) is 5.65 Å². The molecule has 7 heteroatoms. The number of pyridine rings is 1. The first kappa shape index (κ1) is 21.3. The average Bonchev–Trinajstić information content (AvgIpc) is 2.93. The minimum atomic E-state index is 0.408. The normalized spacial score (nSPS) is 10.8. The van der Waals surface area contributed by atoms with E-state index in [9.17, 15) is 0 Å². The quantitative estimate of drug-likeness (QED) is 0.332. The number of rotatable bonds is 5. The molecular formula is C19H22Cl2IN3O. The fourth-order valence-corrected chi connectivity index (χ4v) is 2.92. The Balaban J connectivity index is 0.00000117. The predicted molar refractivity (Wildman–Crippen MR) is 118 cm³/mol. The third-order valence-corrected chi connectivity index (χ3v) is 4.50. The summed E-state index contributed by atoms with van der Waals surface area (Å²) in [7, 11) is 4.09. The SMILES string of the molecule is CI.Cc1nc2c(OCc3ccc(Cl)c(Cl)c3)cccn2c1CN(C)C. The highest BCUT2D eigenvalue weighted by Gasteiger charge is 2.13. The first-order chi connectivity index (χ1) is 12.5. The van der Waals surface area contributed by atoms with E-state index in [4.69, 9.17) is 27.9 Å². The summed E-state index contributed by atoms with van der Waals surface area (Å²) in [5.74, 6) is 0.747.